The molecule has 2 aromatic rings. The molecule has 1 amide bonds. The van der Waals surface area contributed by atoms with E-state index < -0.39 is 12.0 Å². The molecule has 0 unspecified atom stereocenters. The van der Waals surface area contributed by atoms with Gasteiger partial charge in [0.05, 0.1) is 6.54 Å². The van der Waals surface area contributed by atoms with E-state index in [9.17, 15) is 14.7 Å². The van der Waals surface area contributed by atoms with Crippen molar-refractivity contribution in [3.63, 3.8) is 0 Å². The molecule has 6 heteroatoms. The molecular weight excluding hydrogens is 270 g/mol. The van der Waals surface area contributed by atoms with Crippen molar-refractivity contribution >= 4 is 22.8 Å². The van der Waals surface area contributed by atoms with E-state index in [0.717, 1.165) is 16.5 Å². The van der Waals surface area contributed by atoms with Crippen LogP contribution >= 0.6 is 0 Å². The molecule has 1 aromatic heterocycles. The number of fused-ring (bicyclic) bond motifs is 1. The normalized spacial score (nSPS) is 12.5. The van der Waals surface area contributed by atoms with Crippen LogP contribution in [0.15, 0.2) is 30.5 Å². The number of carboxylic acid groups (broad SMARTS) is 1. The summed E-state index contributed by atoms with van der Waals surface area (Å²) in [5.41, 5.74) is 1.83. The van der Waals surface area contributed by atoms with E-state index in [1.54, 1.807) is 25.2 Å². The number of aliphatic carboxylic acids is 1. The van der Waals surface area contributed by atoms with Gasteiger partial charge in [0.25, 0.3) is 0 Å². The predicted molar refractivity (Wildman–Crippen MR) is 80.1 cm³/mol. The van der Waals surface area contributed by atoms with Crippen LogP contribution in [0.25, 0.3) is 10.9 Å². The molecule has 2 rings (SSSR count). The Bertz CT molecular complexity index is 648. The number of hydrogen-bond donors (Lipinski definition) is 3. The lowest BCUT2D eigenvalue weighted by Gasteiger charge is -2.16. The van der Waals surface area contributed by atoms with E-state index in [-0.39, 0.29) is 18.9 Å². The van der Waals surface area contributed by atoms with Gasteiger partial charge in [-0.1, -0.05) is 18.2 Å². The molecule has 1 aromatic carbocycles. The lowest BCUT2D eigenvalue weighted by atomic mass is 10.0. The molecule has 0 aliphatic heterocycles. The fourth-order valence-electron chi connectivity index (χ4n) is 2.25. The maximum absolute atomic E-state index is 11.7. The van der Waals surface area contributed by atoms with Gasteiger partial charge in [-0.2, -0.15) is 0 Å². The Morgan fingerprint density at radius 1 is 1.33 bits per heavy atom. The smallest absolute Gasteiger partial charge is 0.326 e. The zero-order valence-electron chi connectivity index (χ0n) is 12.1. The summed E-state index contributed by atoms with van der Waals surface area (Å²) in [5.74, 6) is -1.33. The van der Waals surface area contributed by atoms with Crippen LogP contribution < -0.4 is 5.32 Å². The number of rotatable bonds is 6. The van der Waals surface area contributed by atoms with Crippen LogP contribution in [0.1, 0.15) is 5.56 Å². The zero-order chi connectivity index (χ0) is 15.4. The summed E-state index contributed by atoms with van der Waals surface area (Å²) in [6.45, 7) is 0.164. The minimum Gasteiger partial charge on any atom is -0.480 e. The van der Waals surface area contributed by atoms with Gasteiger partial charge in [0.15, 0.2) is 0 Å². The van der Waals surface area contributed by atoms with Crippen LogP contribution in [0.2, 0.25) is 0 Å². The molecule has 3 N–H and O–H groups in total. The highest BCUT2D eigenvalue weighted by molar-refractivity contribution is 5.87. The van der Waals surface area contributed by atoms with E-state index in [2.05, 4.69) is 10.3 Å². The van der Waals surface area contributed by atoms with Gasteiger partial charge in [0.2, 0.25) is 5.91 Å². The number of carbonyl (C=O) groups excluding carboxylic acids is 1. The molecule has 0 fully saturated rings. The number of aromatic nitrogens is 1. The summed E-state index contributed by atoms with van der Waals surface area (Å²) < 4.78 is 0. The molecule has 21 heavy (non-hydrogen) atoms. The summed E-state index contributed by atoms with van der Waals surface area (Å²) in [7, 11) is 3.52. The van der Waals surface area contributed by atoms with Crippen LogP contribution in [0.5, 0.6) is 0 Å². The van der Waals surface area contributed by atoms with E-state index in [1.807, 2.05) is 24.3 Å². The van der Waals surface area contributed by atoms with Crippen molar-refractivity contribution in [2.75, 3.05) is 20.6 Å². The number of amides is 1. The first kappa shape index (κ1) is 15.1. The summed E-state index contributed by atoms with van der Waals surface area (Å²) in [4.78, 5) is 27.9. The largest absolute Gasteiger partial charge is 0.480 e. The van der Waals surface area contributed by atoms with Gasteiger partial charge in [-0.15, -0.1) is 0 Å². The summed E-state index contributed by atoms with van der Waals surface area (Å²) >= 11 is 0. The molecule has 1 atom stereocenters. The second-order valence-electron chi connectivity index (χ2n) is 5.26. The first-order valence-corrected chi connectivity index (χ1v) is 6.69. The van der Waals surface area contributed by atoms with Crippen LogP contribution in [-0.4, -0.2) is 53.5 Å². The zero-order valence-corrected chi connectivity index (χ0v) is 12.1. The fourth-order valence-corrected chi connectivity index (χ4v) is 2.25. The topological polar surface area (TPSA) is 85.4 Å². The Morgan fingerprint density at radius 2 is 2.05 bits per heavy atom. The molecule has 0 aliphatic rings. The number of carboxylic acids is 1. The molecule has 0 saturated carbocycles. The van der Waals surface area contributed by atoms with Crippen molar-refractivity contribution < 1.29 is 14.7 Å². The highest BCUT2D eigenvalue weighted by Crippen LogP contribution is 2.19. The van der Waals surface area contributed by atoms with Crippen LogP contribution in [0.4, 0.5) is 0 Å². The first-order chi connectivity index (χ1) is 9.97. The number of aromatic amines is 1. The van der Waals surface area contributed by atoms with Gasteiger partial charge >= 0.3 is 5.97 Å². The Hall–Kier alpha value is -2.34. The maximum atomic E-state index is 11.7. The quantitative estimate of drug-likeness (QED) is 0.735. The average molecular weight is 289 g/mol. The van der Waals surface area contributed by atoms with Crippen molar-refractivity contribution in [3.8, 4) is 0 Å². The average Bonchev–Trinajstić information content (AvgIpc) is 2.80. The monoisotopic (exact) mass is 289 g/mol. The molecule has 0 saturated heterocycles. The molecule has 6 nitrogen and oxygen atoms in total. The highest BCUT2D eigenvalue weighted by Gasteiger charge is 2.21. The van der Waals surface area contributed by atoms with E-state index in [4.69, 9.17) is 0 Å². The Kier molecular flexibility index (Phi) is 4.59. The van der Waals surface area contributed by atoms with Gasteiger partial charge in [-0.25, -0.2) is 4.79 Å². The van der Waals surface area contributed by atoms with Crippen molar-refractivity contribution in [1.82, 2.24) is 15.2 Å². The molecule has 0 aliphatic carbocycles. The second-order valence-corrected chi connectivity index (χ2v) is 5.26. The first-order valence-electron chi connectivity index (χ1n) is 6.69. The van der Waals surface area contributed by atoms with Crippen LogP contribution in [0, 0.1) is 0 Å². The van der Waals surface area contributed by atoms with E-state index in [0.29, 0.717) is 0 Å². The van der Waals surface area contributed by atoms with Crippen molar-refractivity contribution in [3.05, 3.63) is 36.0 Å². The number of hydrogen-bond acceptors (Lipinski definition) is 3. The predicted octanol–water partition coefficient (Wildman–Crippen LogP) is 0.841. The lowest BCUT2D eigenvalue weighted by molar-refractivity contribution is -0.141. The molecule has 0 bridgehead atoms. The number of H-pyrrole nitrogens is 1. The molecule has 0 spiro atoms. The van der Waals surface area contributed by atoms with Gasteiger partial charge in [0.1, 0.15) is 6.04 Å². The van der Waals surface area contributed by atoms with Crippen molar-refractivity contribution in [2.24, 2.45) is 0 Å². The highest BCUT2D eigenvalue weighted by atomic mass is 16.4. The number of carbonyl (C=O) groups is 2. The van der Waals surface area contributed by atoms with Gasteiger partial charge in [-0.3, -0.25) is 4.79 Å². The van der Waals surface area contributed by atoms with Crippen molar-refractivity contribution in [1.29, 1.82) is 0 Å². The summed E-state index contributed by atoms with van der Waals surface area (Å²) in [6, 6.07) is 6.74. The fraction of sp³-hybridized carbons (Fsp3) is 0.333. The molecular formula is C15H19N3O3. The minimum atomic E-state index is -1.03. The molecule has 112 valence electrons. The van der Waals surface area contributed by atoms with Gasteiger partial charge < -0.3 is 20.3 Å². The van der Waals surface area contributed by atoms with Crippen LogP contribution in [0.3, 0.4) is 0 Å². The maximum Gasteiger partial charge on any atom is 0.326 e. The van der Waals surface area contributed by atoms with Crippen LogP contribution in [-0.2, 0) is 16.0 Å². The molecule has 1 heterocycles. The standard InChI is InChI=1S/C15H19N3O3/c1-18(2)9-14(19)17-13(15(20)21)7-10-8-16-12-6-4-3-5-11(10)12/h3-6,8,13,16H,7,9H2,1-2H3,(H,17,19)(H,20,21)/t13-/m0/s1. The minimum absolute atomic E-state index is 0.164. The van der Waals surface area contributed by atoms with E-state index in [1.165, 1.54) is 0 Å². The SMILES string of the molecule is CN(C)CC(=O)N[C@@H](Cc1c[nH]c2ccccc12)C(=O)O. The number of likely N-dealkylation sites (N-methyl/N-ethyl adjacent to an activating group) is 1. The Balaban J connectivity index is 2.13. The number of nitrogens with one attached hydrogen (secondary N) is 2. The third-order valence-electron chi connectivity index (χ3n) is 3.19. The van der Waals surface area contributed by atoms with Crippen molar-refractivity contribution in [2.45, 2.75) is 12.5 Å². The number of benzene rings is 1. The third-order valence-corrected chi connectivity index (χ3v) is 3.19. The van der Waals surface area contributed by atoms with E-state index >= 15 is 0 Å². The second kappa shape index (κ2) is 6.41. The lowest BCUT2D eigenvalue weighted by Crippen LogP contribution is -2.45. The summed E-state index contributed by atoms with van der Waals surface area (Å²) in [5, 5.41) is 12.8. The molecule has 0 radical (unpaired) electrons. The Morgan fingerprint density at radius 3 is 2.71 bits per heavy atom. The third kappa shape index (κ3) is 3.82. The Labute approximate surface area is 122 Å². The van der Waals surface area contributed by atoms with Gasteiger partial charge in [-0.05, 0) is 25.7 Å². The summed E-state index contributed by atoms with van der Waals surface area (Å²) in [6.07, 6.45) is 2.04. The number of nitrogens with zero attached hydrogens (tertiary/aromatic N) is 1. The number of para-hydroxylation sites is 1. The van der Waals surface area contributed by atoms with Gasteiger partial charge in [0, 0.05) is 23.5 Å².